The van der Waals surface area contributed by atoms with Crippen molar-refractivity contribution in [2.75, 3.05) is 6.61 Å². The van der Waals surface area contributed by atoms with Gasteiger partial charge in [-0.3, -0.25) is 0 Å². The van der Waals surface area contributed by atoms with Crippen molar-refractivity contribution in [3.05, 3.63) is 0 Å². The van der Waals surface area contributed by atoms with E-state index in [1.54, 1.807) is 0 Å². The van der Waals surface area contributed by atoms with Gasteiger partial charge in [-0.1, -0.05) is 45.4 Å². The van der Waals surface area contributed by atoms with Crippen molar-refractivity contribution in [1.82, 2.24) is 0 Å². The van der Waals surface area contributed by atoms with E-state index in [0.717, 1.165) is 12.8 Å². The van der Waals surface area contributed by atoms with Gasteiger partial charge in [-0.05, 0) is 0 Å². The van der Waals surface area contributed by atoms with Crippen molar-refractivity contribution in [2.45, 2.75) is 45.4 Å². The Morgan fingerprint density at radius 1 is 0.909 bits per heavy atom. The zero-order valence-corrected chi connectivity index (χ0v) is 9.61. The molecule has 0 aliphatic rings. The first-order valence-electron chi connectivity index (χ1n) is 4.00. The zero-order valence-electron chi connectivity index (χ0n) is 7.44. The van der Waals surface area contributed by atoms with Crippen molar-refractivity contribution in [2.24, 2.45) is 0 Å². The Morgan fingerprint density at radius 2 is 1.36 bits per heavy atom. The molecule has 0 spiro atoms. The standard InChI is InChI=1S/C8H17O.ClH.Mg/c1-2-3-4-5-6-7-8-9;;/h2-8H2,1H3;1H;/q-1;;+2/p-1. The third-order valence-electron chi connectivity index (χ3n) is 1.50. The fourth-order valence-electron chi connectivity index (χ4n) is 0.882. The molecule has 0 rings (SSSR count). The average molecular weight is 189 g/mol. The topological polar surface area (TPSA) is 23.1 Å². The number of rotatable bonds is 6. The molecule has 0 unspecified atom stereocenters. The van der Waals surface area contributed by atoms with Gasteiger partial charge in [-0.15, -0.1) is 6.61 Å². The van der Waals surface area contributed by atoms with E-state index in [2.05, 4.69) is 6.92 Å². The second kappa shape index (κ2) is 17.2. The summed E-state index contributed by atoms with van der Waals surface area (Å²) < 4.78 is 0. The first-order chi connectivity index (χ1) is 4.41. The van der Waals surface area contributed by atoms with Crippen molar-refractivity contribution < 1.29 is 17.5 Å². The van der Waals surface area contributed by atoms with Crippen LogP contribution in [0.2, 0.25) is 0 Å². The Labute approximate surface area is 92.5 Å². The SMILES string of the molecule is CCCCCCCC[O-].[Cl-].[Mg+2]. The average Bonchev–Trinajstić information content (AvgIpc) is 1.89. The third-order valence-corrected chi connectivity index (χ3v) is 1.50. The molecule has 0 atom stereocenters. The van der Waals surface area contributed by atoms with Crippen molar-refractivity contribution in [3.63, 3.8) is 0 Å². The van der Waals surface area contributed by atoms with Crippen LogP contribution in [0, 0.1) is 0 Å². The van der Waals surface area contributed by atoms with Crippen LogP contribution in [-0.4, -0.2) is 29.7 Å². The van der Waals surface area contributed by atoms with Gasteiger partial charge in [-0.25, -0.2) is 0 Å². The second-order valence-electron chi connectivity index (χ2n) is 2.47. The van der Waals surface area contributed by atoms with Gasteiger partial charge in [0.05, 0.1) is 0 Å². The molecule has 0 N–H and O–H groups in total. The summed E-state index contributed by atoms with van der Waals surface area (Å²) in [7, 11) is 0. The van der Waals surface area contributed by atoms with Gasteiger partial charge in [0.2, 0.25) is 0 Å². The maximum atomic E-state index is 9.96. The summed E-state index contributed by atoms with van der Waals surface area (Å²) in [4.78, 5) is 0. The van der Waals surface area contributed by atoms with Crippen LogP contribution in [0.1, 0.15) is 45.4 Å². The Kier molecular flexibility index (Phi) is 28.0. The van der Waals surface area contributed by atoms with E-state index in [1.807, 2.05) is 0 Å². The molecule has 64 valence electrons. The van der Waals surface area contributed by atoms with Crippen LogP contribution in [0.4, 0.5) is 0 Å². The van der Waals surface area contributed by atoms with Gasteiger partial charge in [-0.2, -0.15) is 0 Å². The molecule has 3 heteroatoms. The fourth-order valence-corrected chi connectivity index (χ4v) is 0.882. The van der Waals surface area contributed by atoms with E-state index >= 15 is 0 Å². The van der Waals surface area contributed by atoms with Crippen LogP contribution in [0.15, 0.2) is 0 Å². The Hall–Kier alpha value is 1.02. The molecule has 0 bridgehead atoms. The van der Waals surface area contributed by atoms with Gasteiger partial charge < -0.3 is 17.5 Å². The molecule has 0 saturated carbocycles. The minimum Gasteiger partial charge on any atom is -1.00 e. The van der Waals surface area contributed by atoms with Crippen molar-refractivity contribution in [1.29, 1.82) is 0 Å². The first kappa shape index (κ1) is 17.9. The zero-order chi connectivity index (χ0) is 6.95. The van der Waals surface area contributed by atoms with E-state index < -0.39 is 0 Å². The van der Waals surface area contributed by atoms with Crippen LogP contribution in [0.25, 0.3) is 0 Å². The Bertz CT molecular complexity index is 47.4. The molecule has 1 nitrogen and oxygen atoms in total. The number of halogens is 1. The Balaban J connectivity index is -0.000000320. The van der Waals surface area contributed by atoms with E-state index in [1.165, 1.54) is 25.7 Å². The molecule has 0 amide bonds. The largest absolute Gasteiger partial charge is 2.00 e. The maximum absolute atomic E-state index is 9.96. The van der Waals surface area contributed by atoms with Crippen LogP contribution < -0.4 is 17.5 Å². The summed E-state index contributed by atoms with van der Waals surface area (Å²) in [6, 6.07) is 0. The summed E-state index contributed by atoms with van der Waals surface area (Å²) in [5.41, 5.74) is 0. The summed E-state index contributed by atoms with van der Waals surface area (Å²) >= 11 is 0. The van der Waals surface area contributed by atoms with Gasteiger partial charge in [0, 0.05) is 0 Å². The quantitative estimate of drug-likeness (QED) is 0.362. The molecular weight excluding hydrogens is 172 g/mol. The summed E-state index contributed by atoms with van der Waals surface area (Å²) in [6.07, 6.45) is 7.22. The Morgan fingerprint density at radius 3 is 1.82 bits per heavy atom. The van der Waals surface area contributed by atoms with Gasteiger partial charge in [0.1, 0.15) is 0 Å². The van der Waals surface area contributed by atoms with Crippen molar-refractivity contribution >= 4 is 23.1 Å². The van der Waals surface area contributed by atoms with E-state index in [4.69, 9.17) is 0 Å². The van der Waals surface area contributed by atoms with Gasteiger partial charge in [0.25, 0.3) is 0 Å². The molecule has 0 aromatic carbocycles. The minimum atomic E-state index is 0. The number of hydrogen-bond acceptors (Lipinski definition) is 1. The summed E-state index contributed by atoms with van der Waals surface area (Å²) in [6.45, 7) is 2.32. The van der Waals surface area contributed by atoms with Crippen LogP contribution >= 0.6 is 0 Å². The molecule has 0 aliphatic heterocycles. The second-order valence-corrected chi connectivity index (χ2v) is 2.47. The van der Waals surface area contributed by atoms with E-state index in [-0.39, 0.29) is 42.1 Å². The fraction of sp³-hybridized carbons (Fsp3) is 1.00. The number of hydrogen-bond donors (Lipinski definition) is 0. The molecule has 0 saturated heterocycles. The maximum Gasteiger partial charge on any atom is 2.00 e. The molecule has 0 aromatic heterocycles. The summed E-state index contributed by atoms with van der Waals surface area (Å²) in [5, 5.41) is 9.96. The van der Waals surface area contributed by atoms with Gasteiger partial charge in [0.15, 0.2) is 0 Å². The first-order valence-corrected chi connectivity index (χ1v) is 4.00. The van der Waals surface area contributed by atoms with Crippen LogP contribution in [-0.2, 0) is 0 Å². The molecule has 0 radical (unpaired) electrons. The molecule has 0 fully saturated rings. The minimum absolute atomic E-state index is 0. The molecular formula is C8H17ClMgO. The normalized spacial score (nSPS) is 8.18. The molecule has 0 aliphatic carbocycles. The smallest absolute Gasteiger partial charge is 1.00 e. The van der Waals surface area contributed by atoms with Gasteiger partial charge >= 0.3 is 23.1 Å². The van der Waals surface area contributed by atoms with Crippen LogP contribution in [0.5, 0.6) is 0 Å². The van der Waals surface area contributed by atoms with E-state index in [0.29, 0.717) is 0 Å². The van der Waals surface area contributed by atoms with E-state index in [9.17, 15) is 5.11 Å². The molecule has 0 aromatic rings. The van der Waals surface area contributed by atoms with Crippen LogP contribution in [0.3, 0.4) is 0 Å². The molecule has 11 heavy (non-hydrogen) atoms. The predicted octanol–water partition coefficient (Wildman–Crippen LogP) is -1.67. The predicted molar refractivity (Wildman–Crippen MR) is 44.0 cm³/mol. The number of unbranched alkanes of at least 4 members (excludes halogenated alkanes) is 5. The third kappa shape index (κ3) is 18.2. The summed E-state index contributed by atoms with van der Waals surface area (Å²) in [5.74, 6) is 0. The monoisotopic (exact) mass is 188 g/mol. The molecule has 0 heterocycles. The van der Waals surface area contributed by atoms with Crippen molar-refractivity contribution in [3.8, 4) is 0 Å².